The quantitative estimate of drug-likeness (QED) is 0.766. The van der Waals surface area contributed by atoms with Crippen LogP contribution in [0.4, 0.5) is 0 Å². The first-order valence-electron chi connectivity index (χ1n) is 5.87. The van der Waals surface area contributed by atoms with Crippen LogP contribution in [0.3, 0.4) is 0 Å². The first-order valence-corrected chi connectivity index (χ1v) is 5.87. The Morgan fingerprint density at radius 2 is 2.00 bits per heavy atom. The Kier molecular flexibility index (Phi) is 5.96. The summed E-state index contributed by atoms with van der Waals surface area (Å²) in [5, 5.41) is 3.39. The number of nitrogens with one attached hydrogen (secondary N) is 1. The minimum atomic E-state index is 0.0977. The number of aromatic nitrogens is 2. The molecule has 0 fully saturated rings. The summed E-state index contributed by atoms with van der Waals surface area (Å²) in [6.07, 6.45) is 4.78. The second-order valence-electron chi connectivity index (χ2n) is 3.78. The number of hydrogen-bond donors (Lipinski definition) is 1. The van der Waals surface area contributed by atoms with Gasteiger partial charge in [-0.05, 0) is 32.4 Å². The maximum atomic E-state index is 5.43. The summed E-state index contributed by atoms with van der Waals surface area (Å²) in [5.74, 6) is 0.813. The highest BCUT2D eigenvalue weighted by molar-refractivity contribution is 5.04. The highest BCUT2D eigenvalue weighted by Gasteiger charge is 2.13. The molecular weight excluding hydrogens is 202 g/mol. The van der Waals surface area contributed by atoms with Crippen molar-refractivity contribution in [2.75, 3.05) is 19.8 Å². The largest absolute Gasteiger partial charge is 0.380 e. The molecule has 0 saturated carbocycles. The minimum absolute atomic E-state index is 0.0977. The van der Waals surface area contributed by atoms with E-state index in [9.17, 15) is 0 Å². The zero-order valence-corrected chi connectivity index (χ0v) is 10.4. The third kappa shape index (κ3) is 4.24. The van der Waals surface area contributed by atoms with Gasteiger partial charge in [0.2, 0.25) is 0 Å². The predicted octanol–water partition coefficient (Wildman–Crippen LogP) is 1.86. The average molecular weight is 223 g/mol. The van der Waals surface area contributed by atoms with Gasteiger partial charge in [0, 0.05) is 19.0 Å². The molecule has 0 amide bonds. The number of nitrogens with zero attached hydrogens (tertiary/aromatic N) is 2. The molecule has 1 heterocycles. The molecule has 0 radical (unpaired) electrons. The summed E-state index contributed by atoms with van der Waals surface area (Å²) in [7, 11) is 0. The first kappa shape index (κ1) is 13.1. The van der Waals surface area contributed by atoms with Crippen LogP contribution in [0.15, 0.2) is 12.4 Å². The van der Waals surface area contributed by atoms with E-state index in [2.05, 4.69) is 22.2 Å². The van der Waals surface area contributed by atoms with Crippen LogP contribution in [0, 0.1) is 6.92 Å². The third-order valence-corrected chi connectivity index (χ3v) is 2.24. The van der Waals surface area contributed by atoms with Gasteiger partial charge in [-0.2, -0.15) is 0 Å². The topological polar surface area (TPSA) is 47.0 Å². The number of hydrogen-bond acceptors (Lipinski definition) is 4. The molecule has 1 rings (SSSR count). The highest BCUT2D eigenvalue weighted by Crippen LogP contribution is 2.08. The summed E-state index contributed by atoms with van der Waals surface area (Å²) in [5.41, 5.74) is 1.08. The van der Waals surface area contributed by atoms with Crippen LogP contribution in [0.2, 0.25) is 0 Å². The standard InChI is InChI=1S/C12H21N3O/c1-4-6-13-11(9-16-5-2)12-14-7-10(3)8-15-12/h7-8,11,13H,4-6,9H2,1-3H3. The van der Waals surface area contributed by atoms with Gasteiger partial charge in [0.1, 0.15) is 5.82 Å². The lowest BCUT2D eigenvalue weighted by Crippen LogP contribution is -2.28. The van der Waals surface area contributed by atoms with E-state index in [0.29, 0.717) is 6.61 Å². The third-order valence-electron chi connectivity index (χ3n) is 2.24. The Hall–Kier alpha value is -1.00. The van der Waals surface area contributed by atoms with Crippen LogP contribution >= 0.6 is 0 Å². The molecule has 0 spiro atoms. The molecule has 0 aliphatic heterocycles. The lowest BCUT2D eigenvalue weighted by atomic mass is 10.2. The molecule has 1 atom stereocenters. The van der Waals surface area contributed by atoms with E-state index in [0.717, 1.165) is 31.0 Å². The van der Waals surface area contributed by atoms with Gasteiger partial charge in [-0.1, -0.05) is 6.92 Å². The van der Waals surface area contributed by atoms with E-state index >= 15 is 0 Å². The number of ether oxygens (including phenoxy) is 1. The van der Waals surface area contributed by atoms with Gasteiger partial charge < -0.3 is 10.1 Å². The van der Waals surface area contributed by atoms with Crippen molar-refractivity contribution in [3.05, 3.63) is 23.8 Å². The molecule has 0 aliphatic rings. The Morgan fingerprint density at radius 1 is 1.31 bits per heavy atom. The van der Waals surface area contributed by atoms with Crippen molar-refractivity contribution in [1.82, 2.24) is 15.3 Å². The monoisotopic (exact) mass is 223 g/mol. The molecule has 16 heavy (non-hydrogen) atoms. The lowest BCUT2D eigenvalue weighted by Gasteiger charge is -2.16. The van der Waals surface area contributed by atoms with Crippen LogP contribution in [0.1, 0.15) is 37.7 Å². The maximum Gasteiger partial charge on any atom is 0.147 e. The van der Waals surface area contributed by atoms with Gasteiger partial charge in [-0.25, -0.2) is 9.97 Å². The number of rotatable bonds is 7. The fourth-order valence-electron chi connectivity index (χ4n) is 1.36. The Balaban J connectivity index is 2.62. The molecule has 4 nitrogen and oxygen atoms in total. The van der Waals surface area contributed by atoms with Crippen LogP contribution < -0.4 is 5.32 Å². The smallest absolute Gasteiger partial charge is 0.147 e. The van der Waals surface area contributed by atoms with Crippen molar-refractivity contribution in [2.45, 2.75) is 33.2 Å². The first-order chi connectivity index (χ1) is 7.77. The van der Waals surface area contributed by atoms with Crippen molar-refractivity contribution >= 4 is 0 Å². The van der Waals surface area contributed by atoms with E-state index in [1.165, 1.54) is 0 Å². The predicted molar refractivity (Wildman–Crippen MR) is 64.3 cm³/mol. The Labute approximate surface area is 97.5 Å². The average Bonchev–Trinajstić information content (AvgIpc) is 2.31. The molecule has 1 unspecified atom stereocenters. The van der Waals surface area contributed by atoms with Crippen molar-refractivity contribution in [3.63, 3.8) is 0 Å². The van der Waals surface area contributed by atoms with Crippen molar-refractivity contribution in [1.29, 1.82) is 0 Å². The molecule has 90 valence electrons. The Morgan fingerprint density at radius 3 is 2.56 bits per heavy atom. The molecule has 0 aliphatic carbocycles. The van der Waals surface area contributed by atoms with Gasteiger partial charge >= 0.3 is 0 Å². The van der Waals surface area contributed by atoms with Crippen molar-refractivity contribution in [2.24, 2.45) is 0 Å². The van der Waals surface area contributed by atoms with Crippen LogP contribution in [0.5, 0.6) is 0 Å². The highest BCUT2D eigenvalue weighted by atomic mass is 16.5. The van der Waals surface area contributed by atoms with E-state index in [-0.39, 0.29) is 6.04 Å². The number of aryl methyl sites for hydroxylation is 1. The molecule has 0 saturated heterocycles. The molecule has 0 bridgehead atoms. The lowest BCUT2D eigenvalue weighted by molar-refractivity contribution is 0.120. The van der Waals surface area contributed by atoms with Gasteiger partial charge in [0.25, 0.3) is 0 Å². The fraction of sp³-hybridized carbons (Fsp3) is 0.667. The fourth-order valence-corrected chi connectivity index (χ4v) is 1.36. The van der Waals surface area contributed by atoms with E-state index in [1.54, 1.807) is 0 Å². The molecule has 4 heteroatoms. The summed E-state index contributed by atoms with van der Waals surface area (Å²) in [4.78, 5) is 8.66. The van der Waals surface area contributed by atoms with Crippen LogP contribution in [-0.2, 0) is 4.74 Å². The zero-order valence-electron chi connectivity index (χ0n) is 10.4. The second-order valence-corrected chi connectivity index (χ2v) is 3.78. The van der Waals surface area contributed by atoms with Gasteiger partial charge in [0.15, 0.2) is 0 Å². The summed E-state index contributed by atoms with van der Waals surface area (Å²) < 4.78 is 5.43. The SMILES string of the molecule is CCCNC(COCC)c1ncc(C)cn1. The van der Waals surface area contributed by atoms with Crippen molar-refractivity contribution < 1.29 is 4.74 Å². The van der Waals surface area contributed by atoms with E-state index in [1.807, 2.05) is 26.2 Å². The van der Waals surface area contributed by atoms with Crippen LogP contribution in [-0.4, -0.2) is 29.7 Å². The second kappa shape index (κ2) is 7.30. The van der Waals surface area contributed by atoms with E-state index < -0.39 is 0 Å². The van der Waals surface area contributed by atoms with Gasteiger partial charge in [0.05, 0.1) is 12.6 Å². The molecular formula is C12H21N3O. The molecule has 1 N–H and O–H groups in total. The van der Waals surface area contributed by atoms with Gasteiger partial charge in [-0.3, -0.25) is 0 Å². The zero-order chi connectivity index (χ0) is 11.8. The van der Waals surface area contributed by atoms with Crippen LogP contribution in [0.25, 0.3) is 0 Å². The molecule has 1 aromatic heterocycles. The Bertz CT molecular complexity index is 279. The van der Waals surface area contributed by atoms with E-state index in [4.69, 9.17) is 4.74 Å². The summed E-state index contributed by atoms with van der Waals surface area (Å²) in [6.45, 7) is 8.42. The normalized spacial score (nSPS) is 12.7. The van der Waals surface area contributed by atoms with Crippen molar-refractivity contribution in [3.8, 4) is 0 Å². The summed E-state index contributed by atoms with van der Waals surface area (Å²) in [6, 6.07) is 0.0977. The minimum Gasteiger partial charge on any atom is -0.380 e. The molecule has 0 aromatic carbocycles. The van der Waals surface area contributed by atoms with Gasteiger partial charge in [-0.15, -0.1) is 0 Å². The maximum absolute atomic E-state index is 5.43. The molecule has 1 aromatic rings. The summed E-state index contributed by atoms with van der Waals surface area (Å²) >= 11 is 0.